The van der Waals surface area contributed by atoms with Crippen molar-refractivity contribution in [3.05, 3.63) is 60.2 Å². The molecule has 0 heterocycles. The number of thioether (sulfide) groups is 1. The van der Waals surface area contributed by atoms with Crippen LogP contribution in [0, 0.1) is 0 Å². The summed E-state index contributed by atoms with van der Waals surface area (Å²) in [5, 5.41) is 2.47. The number of carbonyl (C=O) groups is 1. The summed E-state index contributed by atoms with van der Waals surface area (Å²) in [5.74, 6) is -0.560. The lowest BCUT2D eigenvalue weighted by atomic mass is 10.2. The van der Waals surface area contributed by atoms with Gasteiger partial charge in [0.25, 0.3) is 0 Å². The van der Waals surface area contributed by atoms with Gasteiger partial charge in [0.05, 0.1) is 10.6 Å². The maximum atomic E-state index is 12.3. The molecule has 0 fully saturated rings. The van der Waals surface area contributed by atoms with Gasteiger partial charge < -0.3 is 5.32 Å². The van der Waals surface area contributed by atoms with Crippen molar-refractivity contribution < 1.29 is 26.4 Å². The first-order chi connectivity index (χ1) is 12.0. The van der Waals surface area contributed by atoms with Crippen LogP contribution < -0.4 is 5.32 Å². The molecule has 9 heteroatoms. The predicted octanol–water partition coefficient (Wildman–Crippen LogP) is 4.35. The van der Waals surface area contributed by atoms with E-state index in [1.807, 2.05) is 0 Å². The molecule has 2 aromatic rings. The van der Waals surface area contributed by atoms with Gasteiger partial charge in [-0.1, -0.05) is 24.3 Å². The first-order valence-corrected chi connectivity index (χ1v) is 9.89. The minimum absolute atomic E-state index is 0.00437. The summed E-state index contributed by atoms with van der Waals surface area (Å²) in [5.41, 5.74) is -3.67. The molecular formula is C17H14F3NO3S2. The van der Waals surface area contributed by atoms with E-state index in [0.717, 1.165) is 6.26 Å². The molecule has 2 rings (SSSR count). The molecule has 2 aromatic carbocycles. The lowest BCUT2D eigenvalue weighted by molar-refractivity contribution is -0.111. The second-order valence-electron chi connectivity index (χ2n) is 5.21. The molecule has 1 N–H and O–H groups in total. The van der Waals surface area contributed by atoms with Crippen LogP contribution in [0.4, 0.5) is 18.9 Å². The molecule has 0 aliphatic carbocycles. The summed E-state index contributed by atoms with van der Waals surface area (Å²) in [4.78, 5) is 12.0. The second kappa shape index (κ2) is 7.96. The number of anilines is 1. The monoisotopic (exact) mass is 401 g/mol. The normalized spacial score (nSPS) is 12.3. The average molecular weight is 401 g/mol. The van der Waals surface area contributed by atoms with Crippen molar-refractivity contribution in [2.24, 2.45) is 0 Å². The molecule has 4 nitrogen and oxygen atoms in total. The molecule has 0 spiro atoms. The zero-order valence-electron chi connectivity index (χ0n) is 13.4. The van der Waals surface area contributed by atoms with Crippen LogP contribution in [0.3, 0.4) is 0 Å². The van der Waals surface area contributed by atoms with E-state index < -0.39 is 21.3 Å². The number of benzene rings is 2. The maximum Gasteiger partial charge on any atom is 0.446 e. The molecule has 0 aliphatic heterocycles. The van der Waals surface area contributed by atoms with E-state index in [0.29, 0.717) is 5.56 Å². The average Bonchev–Trinajstić information content (AvgIpc) is 2.52. The molecule has 26 heavy (non-hydrogen) atoms. The zero-order valence-corrected chi connectivity index (χ0v) is 15.1. The highest BCUT2D eigenvalue weighted by Crippen LogP contribution is 2.36. The van der Waals surface area contributed by atoms with E-state index in [-0.39, 0.29) is 27.2 Å². The van der Waals surface area contributed by atoms with Gasteiger partial charge in [0.15, 0.2) is 9.84 Å². The third kappa shape index (κ3) is 6.23. The van der Waals surface area contributed by atoms with Gasteiger partial charge in [-0.3, -0.25) is 4.79 Å². The fourth-order valence-electron chi connectivity index (χ4n) is 2.02. The number of hydrogen-bond donors (Lipinski definition) is 1. The number of para-hydroxylation sites is 1. The maximum absolute atomic E-state index is 12.3. The van der Waals surface area contributed by atoms with Crippen LogP contribution >= 0.6 is 11.8 Å². The van der Waals surface area contributed by atoms with Crippen molar-refractivity contribution in [2.75, 3.05) is 11.6 Å². The van der Waals surface area contributed by atoms with Gasteiger partial charge in [-0.25, -0.2) is 8.42 Å². The number of rotatable bonds is 5. The third-order valence-electron chi connectivity index (χ3n) is 3.09. The molecule has 138 valence electrons. The van der Waals surface area contributed by atoms with Crippen LogP contribution in [0.1, 0.15) is 5.56 Å². The largest absolute Gasteiger partial charge is 0.446 e. The highest BCUT2D eigenvalue weighted by Gasteiger charge is 2.28. The van der Waals surface area contributed by atoms with E-state index in [4.69, 9.17) is 0 Å². The molecule has 0 bridgehead atoms. The molecule has 0 saturated heterocycles. The van der Waals surface area contributed by atoms with Crippen LogP contribution in [0.2, 0.25) is 0 Å². The molecule has 0 saturated carbocycles. The molecule has 0 atom stereocenters. The van der Waals surface area contributed by atoms with Crippen molar-refractivity contribution >= 4 is 39.3 Å². The van der Waals surface area contributed by atoms with Gasteiger partial charge in [0, 0.05) is 17.2 Å². The number of amides is 1. The van der Waals surface area contributed by atoms with E-state index in [1.54, 1.807) is 12.1 Å². The lowest BCUT2D eigenvalue weighted by Gasteiger charge is -2.07. The number of hydrogen-bond acceptors (Lipinski definition) is 4. The van der Waals surface area contributed by atoms with Crippen LogP contribution in [0.5, 0.6) is 0 Å². The van der Waals surface area contributed by atoms with E-state index >= 15 is 0 Å². The number of nitrogens with one attached hydrogen (secondary N) is 1. The molecule has 0 aromatic heterocycles. The molecule has 0 radical (unpaired) electrons. The lowest BCUT2D eigenvalue weighted by Crippen LogP contribution is -2.11. The second-order valence-corrected chi connectivity index (χ2v) is 8.33. The van der Waals surface area contributed by atoms with Gasteiger partial charge in [-0.05, 0) is 47.7 Å². The highest BCUT2D eigenvalue weighted by atomic mass is 32.2. The fourth-order valence-corrected chi connectivity index (χ4v) is 3.40. The summed E-state index contributed by atoms with van der Waals surface area (Å²) in [6.07, 6.45) is 3.62. The Morgan fingerprint density at radius 2 is 1.69 bits per heavy atom. The molecule has 0 aliphatic rings. The minimum Gasteiger partial charge on any atom is -0.321 e. The summed E-state index contributed by atoms with van der Waals surface area (Å²) in [7, 11) is -3.50. The molecule has 0 unspecified atom stereocenters. The van der Waals surface area contributed by atoms with Crippen molar-refractivity contribution in [3.8, 4) is 0 Å². The van der Waals surface area contributed by atoms with Crippen LogP contribution in [-0.4, -0.2) is 26.1 Å². The number of sulfone groups is 1. The Morgan fingerprint density at radius 1 is 1.08 bits per heavy atom. The summed E-state index contributed by atoms with van der Waals surface area (Å²) < 4.78 is 60.2. The Kier molecular flexibility index (Phi) is 6.14. The van der Waals surface area contributed by atoms with E-state index in [1.165, 1.54) is 48.6 Å². The summed E-state index contributed by atoms with van der Waals surface area (Å²) in [6.45, 7) is 0. The zero-order chi connectivity index (χ0) is 19.4. The Balaban J connectivity index is 2.07. The van der Waals surface area contributed by atoms with Crippen molar-refractivity contribution in [1.29, 1.82) is 0 Å². The van der Waals surface area contributed by atoms with Crippen LogP contribution in [0.15, 0.2) is 64.4 Å². The Bertz CT molecular complexity index is 921. The van der Waals surface area contributed by atoms with Gasteiger partial charge in [0.1, 0.15) is 0 Å². The third-order valence-corrected chi connectivity index (χ3v) is 4.98. The number of carbonyl (C=O) groups excluding carboxylic acids is 1. The summed E-state index contributed by atoms with van der Waals surface area (Å²) in [6, 6.07) is 11.5. The first kappa shape index (κ1) is 20.1. The Labute approximate surface area is 153 Å². The quantitative estimate of drug-likeness (QED) is 0.598. The molecule has 1 amide bonds. The minimum atomic E-state index is -4.36. The SMILES string of the molecule is CS(=O)(=O)c1ccccc1NC(=O)/C=C\c1ccc(SC(F)(F)F)cc1. The summed E-state index contributed by atoms with van der Waals surface area (Å²) >= 11 is -0.221. The number of alkyl halides is 3. The molecular weight excluding hydrogens is 387 g/mol. The van der Waals surface area contributed by atoms with E-state index in [2.05, 4.69) is 5.32 Å². The van der Waals surface area contributed by atoms with Crippen LogP contribution in [-0.2, 0) is 14.6 Å². The standard InChI is InChI=1S/C17H14F3NO3S2/c1-26(23,24)15-5-3-2-4-14(15)21-16(22)11-8-12-6-9-13(10-7-12)25-17(18,19)20/h2-11H,1H3,(H,21,22)/b11-8-. The first-order valence-electron chi connectivity index (χ1n) is 7.18. The topological polar surface area (TPSA) is 63.2 Å². The Morgan fingerprint density at radius 3 is 2.27 bits per heavy atom. The number of halogens is 3. The van der Waals surface area contributed by atoms with Crippen molar-refractivity contribution in [1.82, 2.24) is 0 Å². The van der Waals surface area contributed by atoms with Crippen LogP contribution in [0.25, 0.3) is 6.08 Å². The predicted molar refractivity (Wildman–Crippen MR) is 95.6 cm³/mol. The fraction of sp³-hybridized carbons (Fsp3) is 0.118. The van der Waals surface area contributed by atoms with Gasteiger partial charge in [-0.2, -0.15) is 13.2 Å². The van der Waals surface area contributed by atoms with Crippen molar-refractivity contribution in [2.45, 2.75) is 15.3 Å². The van der Waals surface area contributed by atoms with Gasteiger partial charge in [-0.15, -0.1) is 0 Å². The smallest absolute Gasteiger partial charge is 0.321 e. The van der Waals surface area contributed by atoms with Gasteiger partial charge >= 0.3 is 5.51 Å². The Hall–Kier alpha value is -2.26. The van der Waals surface area contributed by atoms with Crippen molar-refractivity contribution in [3.63, 3.8) is 0 Å². The van der Waals surface area contributed by atoms with Gasteiger partial charge in [0.2, 0.25) is 5.91 Å². The van der Waals surface area contributed by atoms with E-state index in [9.17, 15) is 26.4 Å². The highest BCUT2D eigenvalue weighted by molar-refractivity contribution is 8.00.